The Hall–Kier alpha value is -2.18. The SMILES string of the molecule is Cc1ccc(CNS(=O)(=O)c2ccc3c(c2)[C@H](C)C(=O)N3)cc1. The molecule has 120 valence electrons. The first kappa shape index (κ1) is 15.7. The fraction of sp³-hybridized carbons (Fsp3) is 0.235. The van der Waals surface area contributed by atoms with Crippen LogP contribution in [0.3, 0.4) is 0 Å². The smallest absolute Gasteiger partial charge is 0.240 e. The summed E-state index contributed by atoms with van der Waals surface area (Å²) in [6.07, 6.45) is 0. The van der Waals surface area contributed by atoms with Gasteiger partial charge in [0, 0.05) is 12.2 Å². The van der Waals surface area contributed by atoms with Gasteiger partial charge in [-0.1, -0.05) is 29.8 Å². The number of hydrogen-bond acceptors (Lipinski definition) is 3. The van der Waals surface area contributed by atoms with Gasteiger partial charge in [0.2, 0.25) is 15.9 Å². The molecule has 0 spiro atoms. The Balaban J connectivity index is 1.80. The highest BCUT2D eigenvalue weighted by atomic mass is 32.2. The van der Waals surface area contributed by atoms with Crippen molar-refractivity contribution >= 4 is 21.6 Å². The van der Waals surface area contributed by atoms with Crippen molar-refractivity contribution in [1.29, 1.82) is 0 Å². The minimum Gasteiger partial charge on any atom is -0.325 e. The number of anilines is 1. The number of benzene rings is 2. The summed E-state index contributed by atoms with van der Waals surface area (Å²) in [5.41, 5.74) is 3.42. The fourth-order valence-electron chi connectivity index (χ4n) is 2.53. The Morgan fingerprint density at radius 1 is 1.13 bits per heavy atom. The topological polar surface area (TPSA) is 75.3 Å². The van der Waals surface area contributed by atoms with Gasteiger partial charge in [-0.05, 0) is 43.2 Å². The second kappa shape index (κ2) is 5.79. The van der Waals surface area contributed by atoms with Crippen LogP contribution in [-0.4, -0.2) is 14.3 Å². The first-order valence-electron chi connectivity index (χ1n) is 7.37. The molecule has 2 N–H and O–H groups in total. The molecule has 0 radical (unpaired) electrons. The zero-order valence-corrected chi connectivity index (χ0v) is 13.8. The largest absolute Gasteiger partial charge is 0.325 e. The van der Waals surface area contributed by atoms with Crippen LogP contribution in [0.4, 0.5) is 5.69 Å². The van der Waals surface area contributed by atoms with Gasteiger partial charge in [0.1, 0.15) is 0 Å². The zero-order valence-electron chi connectivity index (χ0n) is 13.0. The lowest BCUT2D eigenvalue weighted by molar-refractivity contribution is -0.116. The third-order valence-corrected chi connectivity index (χ3v) is 5.44. The average molecular weight is 330 g/mol. The molecule has 0 aromatic heterocycles. The normalized spacial score (nSPS) is 17.0. The summed E-state index contributed by atoms with van der Waals surface area (Å²) in [5, 5.41) is 2.73. The number of amides is 1. The predicted molar refractivity (Wildman–Crippen MR) is 88.7 cm³/mol. The van der Waals surface area contributed by atoms with E-state index in [2.05, 4.69) is 10.0 Å². The summed E-state index contributed by atoms with van der Waals surface area (Å²) in [7, 11) is -3.62. The van der Waals surface area contributed by atoms with Gasteiger partial charge in [0.15, 0.2) is 0 Å². The number of hydrogen-bond donors (Lipinski definition) is 2. The zero-order chi connectivity index (χ0) is 16.6. The van der Waals surface area contributed by atoms with E-state index in [-0.39, 0.29) is 23.3 Å². The molecule has 0 saturated heterocycles. The van der Waals surface area contributed by atoms with Crippen molar-refractivity contribution in [2.75, 3.05) is 5.32 Å². The van der Waals surface area contributed by atoms with Gasteiger partial charge < -0.3 is 5.32 Å². The van der Waals surface area contributed by atoms with Gasteiger partial charge in [-0.25, -0.2) is 13.1 Å². The molecule has 2 aromatic rings. The first-order chi connectivity index (χ1) is 10.9. The molecule has 6 heteroatoms. The second-order valence-electron chi connectivity index (χ2n) is 5.77. The number of aryl methyl sites for hydroxylation is 1. The van der Waals surface area contributed by atoms with Crippen molar-refractivity contribution in [3.8, 4) is 0 Å². The standard InChI is InChI=1S/C17H18N2O3S/c1-11-3-5-13(6-4-11)10-18-23(21,22)14-7-8-16-15(9-14)12(2)17(20)19-16/h3-9,12,18H,10H2,1-2H3,(H,19,20)/t12-/m0/s1. The minimum atomic E-state index is -3.62. The second-order valence-corrected chi connectivity index (χ2v) is 7.54. The number of rotatable bonds is 4. The van der Waals surface area contributed by atoms with E-state index < -0.39 is 10.0 Å². The van der Waals surface area contributed by atoms with Crippen LogP contribution >= 0.6 is 0 Å². The Morgan fingerprint density at radius 3 is 2.52 bits per heavy atom. The number of nitrogens with one attached hydrogen (secondary N) is 2. The molecule has 1 amide bonds. The van der Waals surface area contributed by atoms with Crippen LogP contribution in [0.15, 0.2) is 47.4 Å². The number of carbonyl (C=O) groups excluding carboxylic acids is 1. The van der Waals surface area contributed by atoms with Crippen LogP contribution in [0.25, 0.3) is 0 Å². The van der Waals surface area contributed by atoms with Gasteiger partial charge in [0.05, 0.1) is 10.8 Å². The summed E-state index contributed by atoms with van der Waals surface area (Å²) < 4.78 is 27.5. The molecule has 0 bridgehead atoms. The average Bonchev–Trinajstić information content (AvgIpc) is 2.81. The summed E-state index contributed by atoms with van der Waals surface area (Å²) >= 11 is 0. The molecule has 1 aliphatic rings. The minimum absolute atomic E-state index is 0.109. The third-order valence-electron chi connectivity index (χ3n) is 4.04. The van der Waals surface area contributed by atoms with E-state index in [9.17, 15) is 13.2 Å². The third kappa shape index (κ3) is 3.13. The van der Waals surface area contributed by atoms with Crippen LogP contribution in [0.1, 0.15) is 29.5 Å². The molecule has 2 aromatic carbocycles. The Bertz CT molecular complexity index is 858. The number of sulfonamides is 1. The molecule has 0 fully saturated rings. The van der Waals surface area contributed by atoms with Crippen LogP contribution in [-0.2, 0) is 21.4 Å². The van der Waals surface area contributed by atoms with E-state index in [1.807, 2.05) is 31.2 Å². The van der Waals surface area contributed by atoms with E-state index in [1.165, 1.54) is 6.07 Å². The van der Waals surface area contributed by atoms with Crippen molar-refractivity contribution in [2.45, 2.75) is 31.2 Å². The van der Waals surface area contributed by atoms with E-state index in [1.54, 1.807) is 19.1 Å². The maximum atomic E-state index is 12.4. The molecule has 1 heterocycles. The molecule has 3 rings (SSSR count). The molecule has 0 saturated carbocycles. The summed E-state index contributed by atoms with van der Waals surface area (Å²) in [5.74, 6) is -0.445. The van der Waals surface area contributed by atoms with Gasteiger partial charge >= 0.3 is 0 Å². The summed E-state index contributed by atoms with van der Waals surface area (Å²) in [4.78, 5) is 11.8. The van der Waals surface area contributed by atoms with Crippen molar-refractivity contribution in [3.05, 3.63) is 59.2 Å². The van der Waals surface area contributed by atoms with Crippen molar-refractivity contribution < 1.29 is 13.2 Å². The van der Waals surface area contributed by atoms with Gasteiger partial charge in [-0.3, -0.25) is 4.79 Å². The molecule has 0 unspecified atom stereocenters. The first-order valence-corrected chi connectivity index (χ1v) is 8.85. The van der Waals surface area contributed by atoms with Crippen molar-refractivity contribution in [2.24, 2.45) is 0 Å². The van der Waals surface area contributed by atoms with Crippen LogP contribution in [0.2, 0.25) is 0 Å². The quantitative estimate of drug-likeness (QED) is 0.904. The highest BCUT2D eigenvalue weighted by molar-refractivity contribution is 7.89. The van der Waals surface area contributed by atoms with E-state index in [4.69, 9.17) is 0 Å². The van der Waals surface area contributed by atoms with Gasteiger partial charge in [0.25, 0.3) is 0 Å². The van der Waals surface area contributed by atoms with E-state index in [0.717, 1.165) is 11.1 Å². The predicted octanol–water partition coefficient (Wildman–Crippen LogP) is 2.53. The summed E-state index contributed by atoms with van der Waals surface area (Å²) in [6.45, 7) is 3.97. The lowest BCUT2D eigenvalue weighted by Crippen LogP contribution is -2.23. The molecule has 1 atom stereocenters. The van der Waals surface area contributed by atoms with Crippen molar-refractivity contribution in [3.63, 3.8) is 0 Å². The number of carbonyl (C=O) groups is 1. The maximum absolute atomic E-state index is 12.4. The maximum Gasteiger partial charge on any atom is 0.240 e. The Morgan fingerprint density at radius 2 is 1.83 bits per heavy atom. The lowest BCUT2D eigenvalue weighted by Gasteiger charge is -2.09. The van der Waals surface area contributed by atoms with Gasteiger partial charge in [-0.15, -0.1) is 0 Å². The summed E-state index contributed by atoms with van der Waals surface area (Å²) in [6, 6.07) is 12.4. The van der Waals surface area contributed by atoms with Crippen molar-refractivity contribution in [1.82, 2.24) is 4.72 Å². The Labute approximate surface area is 135 Å². The molecule has 23 heavy (non-hydrogen) atoms. The lowest BCUT2D eigenvalue weighted by atomic mass is 10.0. The monoisotopic (exact) mass is 330 g/mol. The molecule has 1 aliphatic heterocycles. The van der Waals surface area contributed by atoms with Crippen LogP contribution in [0, 0.1) is 6.92 Å². The number of fused-ring (bicyclic) bond motifs is 1. The highest BCUT2D eigenvalue weighted by Gasteiger charge is 2.28. The molecule has 0 aliphatic carbocycles. The molecular formula is C17H18N2O3S. The fourth-order valence-corrected chi connectivity index (χ4v) is 3.58. The van der Waals surface area contributed by atoms with E-state index in [0.29, 0.717) is 11.3 Å². The van der Waals surface area contributed by atoms with Crippen LogP contribution in [0.5, 0.6) is 0 Å². The highest BCUT2D eigenvalue weighted by Crippen LogP contribution is 2.33. The Kier molecular flexibility index (Phi) is 3.95. The van der Waals surface area contributed by atoms with Crippen LogP contribution < -0.4 is 10.0 Å². The van der Waals surface area contributed by atoms with Gasteiger partial charge in [-0.2, -0.15) is 0 Å². The van der Waals surface area contributed by atoms with E-state index >= 15 is 0 Å². The molecule has 5 nitrogen and oxygen atoms in total. The molecular weight excluding hydrogens is 312 g/mol.